The van der Waals surface area contributed by atoms with Gasteiger partial charge in [-0.15, -0.1) is 0 Å². The number of rotatable bonds is 5. The average Bonchev–Trinajstić information content (AvgIpc) is 1.82. The van der Waals surface area contributed by atoms with Crippen LogP contribution in [0, 0.1) is 5.41 Å². The standard InChI is InChI=1S/C8H18N2O/c1-6(2)11-7(3)4-5-8(9)10/h6-7H,4-5H2,1-3H3,(H3,9,10). The molecule has 0 aromatic rings. The van der Waals surface area contributed by atoms with Gasteiger partial charge in [0.15, 0.2) is 0 Å². The third-order valence-corrected chi connectivity index (χ3v) is 1.32. The van der Waals surface area contributed by atoms with Crippen molar-refractivity contribution in [3.05, 3.63) is 0 Å². The third kappa shape index (κ3) is 7.33. The summed E-state index contributed by atoms with van der Waals surface area (Å²) < 4.78 is 5.45. The molecule has 11 heavy (non-hydrogen) atoms. The maximum Gasteiger partial charge on any atom is 0.0906 e. The van der Waals surface area contributed by atoms with Crippen LogP contribution in [0.2, 0.25) is 0 Å². The molecular formula is C8H18N2O. The van der Waals surface area contributed by atoms with E-state index in [4.69, 9.17) is 15.9 Å². The molecule has 0 aliphatic carbocycles. The van der Waals surface area contributed by atoms with Crippen molar-refractivity contribution in [3.8, 4) is 0 Å². The quantitative estimate of drug-likeness (QED) is 0.470. The summed E-state index contributed by atoms with van der Waals surface area (Å²) in [4.78, 5) is 0. The summed E-state index contributed by atoms with van der Waals surface area (Å²) in [7, 11) is 0. The second kappa shape index (κ2) is 5.13. The zero-order valence-electron chi connectivity index (χ0n) is 7.55. The molecule has 0 amide bonds. The van der Waals surface area contributed by atoms with Crippen molar-refractivity contribution < 1.29 is 4.74 Å². The number of hydrogen-bond donors (Lipinski definition) is 2. The summed E-state index contributed by atoms with van der Waals surface area (Å²) in [5.74, 6) is 0.240. The molecule has 0 spiro atoms. The summed E-state index contributed by atoms with van der Waals surface area (Å²) in [6, 6.07) is 0. The third-order valence-electron chi connectivity index (χ3n) is 1.32. The minimum atomic E-state index is 0.207. The van der Waals surface area contributed by atoms with E-state index in [9.17, 15) is 0 Å². The van der Waals surface area contributed by atoms with Crippen LogP contribution in [-0.2, 0) is 4.74 Å². The van der Waals surface area contributed by atoms with E-state index in [1.54, 1.807) is 0 Å². The topological polar surface area (TPSA) is 59.1 Å². The molecule has 0 aliphatic heterocycles. The molecule has 0 saturated carbocycles. The SMILES string of the molecule is CC(C)OC(C)CCC(=N)N. The minimum absolute atomic E-state index is 0.207. The summed E-state index contributed by atoms with van der Waals surface area (Å²) in [6.07, 6.45) is 1.94. The number of nitrogens with one attached hydrogen (secondary N) is 1. The van der Waals surface area contributed by atoms with Crippen molar-refractivity contribution in [3.63, 3.8) is 0 Å². The van der Waals surface area contributed by atoms with Gasteiger partial charge in [-0.25, -0.2) is 0 Å². The number of hydrogen-bond acceptors (Lipinski definition) is 2. The van der Waals surface area contributed by atoms with Crippen molar-refractivity contribution in [1.82, 2.24) is 0 Å². The molecule has 3 heteroatoms. The van der Waals surface area contributed by atoms with Crippen LogP contribution < -0.4 is 5.73 Å². The second-order valence-electron chi connectivity index (χ2n) is 3.06. The first-order valence-corrected chi connectivity index (χ1v) is 4.00. The van der Waals surface area contributed by atoms with Crippen molar-refractivity contribution in [2.75, 3.05) is 0 Å². The molecule has 0 saturated heterocycles. The van der Waals surface area contributed by atoms with Gasteiger partial charge < -0.3 is 10.5 Å². The Kier molecular flexibility index (Phi) is 4.86. The highest BCUT2D eigenvalue weighted by molar-refractivity contribution is 5.76. The van der Waals surface area contributed by atoms with Gasteiger partial charge in [0.1, 0.15) is 0 Å². The van der Waals surface area contributed by atoms with Gasteiger partial charge in [0.2, 0.25) is 0 Å². The first-order valence-electron chi connectivity index (χ1n) is 4.00. The number of nitrogens with two attached hydrogens (primary N) is 1. The summed E-state index contributed by atoms with van der Waals surface area (Å²) in [6.45, 7) is 6.01. The maximum atomic E-state index is 6.99. The predicted molar refractivity (Wildman–Crippen MR) is 46.8 cm³/mol. The van der Waals surface area contributed by atoms with E-state index >= 15 is 0 Å². The van der Waals surface area contributed by atoms with Gasteiger partial charge in [0.05, 0.1) is 18.0 Å². The van der Waals surface area contributed by atoms with Gasteiger partial charge in [0.25, 0.3) is 0 Å². The molecule has 0 heterocycles. The van der Waals surface area contributed by atoms with E-state index in [0.29, 0.717) is 6.42 Å². The Labute approximate surface area is 68.4 Å². The first-order chi connectivity index (χ1) is 5.02. The fourth-order valence-electron chi connectivity index (χ4n) is 0.891. The Hall–Kier alpha value is -0.570. The lowest BCUT2D eigenvalue weighted by Crippen LogP contribution is -2.18. The summed E-state index contributed by atoms with van der Waals surface area (Å²) in [5, 5.41) is 6.99. The lowest BCUT2D eigenvalue weighted by atomic mass is 10.2. The Bertz CT molecular complexity index is 123. The van der Waals surface area contributed by atoms with Crippen LogP contribution in [0.1, 0.15) is 33.6 Å². The van der Waals surface area contributed by atoms with Crippen molar-refractivity contribution in [2.45, 2.75) is 45.8 Å². The molecule has 3 nitrogen and oxygen atoms in total. The van der Waals surface area contributed by atoms with Crippen LogP contribution in [-0.4, -0.2) is 18.0 Å². The van der Waals surface area contributed by atoms with Crippen LogP contribution in [0.5, 0.6) is 0 Å². The molecule has 0 aromatic heterocycles. The van der Waals surface area contributed by atoms with E-state index in [-0.39, 0.29) is 18.0 Å². The Morgan fingerprint density at radius 1 is 1.45 bits per heavy atom. The van der Waals surface area contributed by atoms with Crippen molar-refractivity contribution in [1.29, 1.82) is 5.41 Å². The first kappa shape index (κ1) is 10.4. The summed E-state index contributed by atoms with van der Waals surface area (Å²) >= 11 is 0. The van der Waals surface area contributed by atoms with Crippen molar-refractivity contribution in [2.24, 2.45) is 5.73 Å². The predicted octanol–water partition coefficient (Wildman–Crippen LogP) is 1.52. The van der Waals surface area contributed by atoms with E-state index in [1.165, 1.54) is 0 Å². The second-order valence-corrected chi connectivity index (χ2v) is 3.06. The van der Waals surface area contributed by atoms with Gasteiger partial charge in [-0.2, -0.15) is 0 Å². The molecule has 0 aliphatic rings. The highest BCUT2D eigenvalue weighted by Crippen LogP contribution is 2.03. The lowest BCUT2D eigenvalue weighted by molar-refractivity contribution is 0.0155. The zero-order valence-corrected chi connectivity index (χ0v) is 7.55. The molecule has 0 bridgehead atoms. The van der Waals surface area contributed by atoms with E-state index < -0.39 is 0 Å². The van der Waals surface area contributed by atoms with Crippen molar-refractivity contribution >= 4 is 5.84 Å². The molecule has 0 radical (unpaired) electrons. The Morgan fingerprint density at radius 3 is 2.36 bits per heavy atom. The molecule has 0 aromatic carbocycles. The molecule has 3 N–H and O–H groups in total. The van der Waals surface area contributed by atoms with Gasteiger partial charge in [-0.3, -0.25) is 5.41 Å². The van der Waals surface area contributed by atoms with Gasteiger partial charge in [0, 0.05) is 6.42 Å². The highest BCUT2D eigenvalue weighted by Gasteiger charge is 2.04. The summed E-state index contributed by atoms with van der Waals surface area (Å²) in [5.41, 5.74) is 5.20. The van der Waals surface area contributed by atoms with Crippen LogP contribution in [0.4, 0.5) is 0 Å². The molecule has 0 rings (SSSR count). The molecule has 66 valence electrons. The fraction of sp³-hybridized carbons (Fsp3) is 0.875. The minimum Gasteiger partial charge on any atom is -0.388 e. The fourth-order valence-corrected chi connectivity index (χ4v) is 0.891. The van der Waals surface area contributed by atoms with E-state index in [0.717, 1.165) is 6.42 Å². The number of amidine groups is 1. The van der Waals surface area contributed by atoms with Gasteiger partial charge in [-0.05, 0) is 27.2 Å². The van der Waals surface area contributed by atoms with Gasteiger partial charge in [-0.1, -0.05) is 0 Å². The maximum absolute atomic E-state index is 6.99. The monoisotopic (exact) mass is 158 g/mol. The Balaban J connectivity index is 3.37. The number of ether oxygens (including phenoxy) is 1. The van der Waals surface area contributed by atoms with Crippen LogP contribution in [0.15, 0.2) is 0 Å². The largest absolute Gasteiger partial charge is 0.388 e. The van der Waals surface area contributed by atoms with Crippen LogP contribution in [0.3, 0.4) is 0 Å². The Morgan fingerprint density at radius 2 is 2.00 bits per heavy atom. The molecule has 1 unspecified atom stereocenters. The van der Waals surface area contributed by atoms with E-state index in [2.05, 4.69) is 0 Å². The highest BCUT2D eigenvalue weighted by atomic mass is 16.5. The normalized spacial score (nSPS) is 13.5. The molecular weight excluding hydrogens is 140 g/mol. The van der Waals surface area contributed by atoms with Crippen LogP contribution >= 0.6 is 0 Å². The zero-order chi connectivity index (χ0) is 8.85. The lowest BCUT2D eigenvalue weighted by Gasteiger charge is -2.15. The van der Waals surface area contributed by atoms with Gasteiger partial charge >= 0.3 is 0 Å². The smallest absolute Gasteiger partial charge is 0.0906 e. The molecule has 0 fully saturated rings. The molecule has 1 atom stereocenters. The van der Waals surface area contributed by atoms with E-state index in [1.807, 2.05) is 20.8 Å². The average molecular weight is 158 g/mol. The van der Waals surface area contributed by atoms with Crippen LogP contribution in [0.25, 0.3) is 0 Å².